The van der Waals surface area contributed by atoms with Crippen LogP contribution in [0.25, 0.3) is 0 Å². The largest absolute Gasteiger partial charge is 0.462 e. The predicted molar refractivity (Wildman–Crippen MR) is 85.7 cm³/mol. The first-order valence-corrected chi connectivity index (χ1v) is 8.64. The minimum Gasteiger partial charge on any atom is -0.462 e. The van der Waals surface area contributed by atoms with E-state index in [-0.39, 0.29) is 5.97 Å². The number of rotatable bonds is 5. The lowest BCUT2D eigenvalue weighted by Crippen LogP contribution is -2.20. The Morgan fingerprint density at radius 3 is 2.71 bits per heavy atom. The minimum absolute atomic E-state index is 0.366. The van der Waals surface area contributed by atoms with Crippen LogP contribution in [0.4, 0.5) is 5.00 Å². The summed E-state index contributed by atoms with van der Waals surface area (Å²) in [6.45, 7) is 2.30. The first-order chi connectivity index (χ1) is 10.0. The zero-order valence-electron chi connectivity index (χ0n) is 11.7. The van der Waals surface area contributed by atoms with Crippen molar-refractivity contribution in [1.29, 1.82) is 0 Å². The summed E-state index contributed by atoms with van der Waals surface area (Å²) < 4.78 is 5.23. The van der Waals surface area contributed by atoms with E-state index in [0.717, 1.165) is 42.5 Å². The first-order valence-electron chi connectivity index (χ1n) is 6.95. The van der Waals surface area contributed by atoms with Gasteiger partial charge in [0.25, 0.3) is 5.91 Å². The van der Waals surface area contributed by atoms with Crippen molar-refractivity contribution in [3.05, 3.63) is 16.0 Å². The van der Waals surface area contributed by atoms with Crippen molar-refractivity contribution in [2.45, 2.75) is 43.9 Å². The lowest BCUT2D eigenvalue weighted by molar-refractivity contribution is -0.114. The second-order valence-corrected chi connectivity index (χ2v) is 7.04. The number of amides is 1. The van der Waals surface area contributed by atoms with Crippen LogP contribution in [0, 0.1) is 0 Å². The Kier molecular flexibility index (Phi) is 5.90. The Balaban J connectivity index is 2.32. The van der Waals surface area contributed by atoms with Gasteiger partial charge >= 0.3 is 5.97 Å². The molecule has 0 spiro atoms. The maximum Gasteiger partial charge on any atom is 0.341 e. The summed E-state index contributed by atoms with van der Waals surface area (Å²) in [6, 6.07) is 0. The van der Waals surface area contributed by atoms with Crippen molar-refractivity contribution >= 4 is 51.4 Å². The fourth-order valence-electron chi connectivity index (χ4n) is 2.30. The molecule has 4 nitrogen and oxygen atoms in total. The van der Waals surface area contributed by atoms with Crippen molar-refractivity contribution in [3.63, 3.8) is 0 Å². The second-order valence-electron chi connectivity index (χ2n) is 4.84. The number of halogens is 2. The van der Waals surface area contributed by atoms with E-state index in [4.69, 9.17) is 27.9 Å². The highest BCUT2D eigenvalue weighted by atomic mass is 35.5. The number of anilines is 1. The van der Waals surface area contributed by atoms with E-state index >= 15 is 0 Å². The van der Waals surface area contributed by atoms with Crippen molar-refractivity contribution < 1.29 is 14.3 Å². The molecule has 1 heterocycles. The number of carbonyl (C=O) groups is 2. The van der Waals surface area contributed by atoms with Gasteiger partial charge in [-0.1, -0.05) is 30.1 Å². The van der Waals surface area contributed by atoms with Crippen molar-refractivity contribution in [2.24, 2.45) is 0 Å². The summed E-state index contributed by atoms with van der Waals surface area (Å²) >= 11 is 12.5. The number of nitrogens with one attached hydrogen (secondary N) is 1. The third kappa shape index (κ3) is 3.90. The van der Waals surface area contributed by atoms with Crippen LogP contribution in [0.5, 0.6) is 0 Å². The number of alkyl halides is 2. The summed E-state index contributed by atoms with van der Waals surface area (Å²) in [6.07, 6.45) is 4.65. The molecule has 0 aromatic carbocycles. The number of ether oxygens (including phenoxy) is 1. The van der Waals surface area contributed by atoms with E-state index < -0.39 is 10.7 Å². The van der Waals surface area contributed by atoms with Crippen molar-refractivity contribution in [1.82, 2.24) is 0 Å². The van der Waals surface area contributed by atoms with Crippen LogP contribution in [-0.4, -0.2) is 23.3 Å². The molecule has 1 aromatic heterocycles. The van der Waals surface area contributed by atoms with Crippen molar-refractivity contribution in [2.75, 3.05) is 11.9 Å². The Morgan fingerprint density at radius 1 is 1.33 bits per heavy atom. The van der Waals surface area contributed by atoms with Gasteiger partial charge < -0.3 is 10.1 Å². The SMILES string of the molecule is CCCOC(=O)c1c(NC(=O)C(Cl)Cl)sc2c1CCCC2. The van der Waals surface area contributed by atoms with E-state index in [1.165, 1.54) is 11.3 Å². The molecule has 0 atom stereocenters. The standard InChI is InChI=1S/C14H17Cl2NO3S/c1-2-7-20-14(19)10-8-5-3-4-6-9(8)21-13(10)17-12(18)11(15)16/h11H,2-7H2,1H3,(H,17,18). The molecule has 21 heavy (non-hydrogen) atoms. The summed E-state index contributed by atoms with van der Waals surface area (Å²) in [5.74, 6) is -0.909. The van der Waals surface area contributed by atoms with Gasteiger partial charge in [0, 0.05) is 4.88 Å². The molecule has 0 fully saturated rings. The van der Waals surface area contributed by atoms with Gasteiger partial charge in [-0.15, -0.1) is 11.3 Å². The van der Waals surface area contributed by atoms with Crippen LogP contribution in [0.2, 0.25) is 0 Å². The fourth-order valence-corrected chi connectivity index (χ4v) is 3.69. The minimum atomic E-state index is -1.16. The molecule has 0 unspecified atom stereocenters. The molecular weight excluding hydrogens is 333 g/mol. The Morgan fingerprint density at radius 2 is 2.05 bits per heavy atom. The molecular formula is C14H17Cl2NO3S. The molecule has 0 bridgehead atoms. The van der Waals surface area contributed by atoms with Crippen LogP contribution < -0.4 is 5.32 Å². The van der Waals surface area contributed by atoms with E-state index in [1.54, 1.807) is 0 Å². The van der Waals surface area contributed by atoms with E-state index in [0.29, 0.717) is 17.2 Å². The van der Waals surface area contributed by atoms with Crippen LogP contribution in [0.3, 0.4) is 0 Å². The van der Waals surface area contributed by atoms with Gasteiger partial charge in [-0.3, -0.25) is 4.79 Å². The molecule has 1 amide bonds. The first kappa shape index (κ1) is 16.6. The zero-order chi connectivity index (χ0) is 15.4. The third-order valence-electron chi connectivity index (χ3n) is 3.25. The van der Waals surface area contributed by atoms with E-state index in [1.807, 2.05) is 6.92 Å². The average Bonchev–Trinajstić information content (AvgIpc) is 2.82. The summed E-state index contributed by atoms with van der Waals surface area (Å²) in [5, 5.41) is 3.14. The van der Waals surface area contributed by atoms with Crippen LogP contribution >= 0.6 is 34.5 Å². The number of carbonyl (C=O) groups excluding carboxylic acids is 2. The van der Waals surface area contributed by atoms with Gasteiger partial charge in [0.05, 0.1) is 12.2 Å². The molecule has 1 aliphatic carbocycles. The van der Waals surface area contributed by atoms with E-state index in [9.17, 15) is 9.59 Å². The normalized spacial score (nSPS) is 13.9. The molecule has 0 saturated carbocycles. The van der Waals surface area contributed by atoms with Crippen LogP contribution in [0.1, 0.15) is 47.0 Å². The predicted octanol–water partition coefficient (Wildman–Crippen LogP) is 3.94. The monoisotopic (exact) mass is 349 g/mol. The number of fused-ring (bicyclic) bond motifs is 1. The summed E-state index contributed by atoms with van der Waals surface area (Å²) in [5.41, 5.74) is 1.48. The molecule has 0 radical (unpaired) electrons. The number of esters is 1. The highest BCUT2D eigenvalue weighted by molar-refractivity contribution is 7.17. The number of hydrogen-bond acceptors (Lipinski definition) is 4. The van der Waals surface area contributed by atoms with Gasteiger partial charge in [0.2, 0.25) is 0 Å². The molecule has 1 aromatic rings. The highest BCUT2D eigenvalue weighted by Crippen LogP contribution is 2.38. The van der Waals surface area contributed by atoms with Gasteiger partial charge in [-0.25, -0.2) is 4.79 Å². The maximum atomic E-state index is 12.3. The van der Waals surface area contributed by atoms with Crippen LogP contribution in [0.15, 0.2) is 0 Å². The lowest BCUT2D eigenvalue weighted by Gasteiger charge is -2.12. The summed E-state index contributed by atoms with van der Waals surface area (Å²) in [7, 11) is 0. The molecule has 116 valence electrons. The fraction of sp³-hybridized carbons (Fsp3) is 0.571. The third-order valence-corrected chi connectivity index (χ3v) is 4.85. The van der Waals surface area contributed by atoms with Gasteiger partial charge in [-0.05, 0) is 37.7 Å². The second kappa shape index (κ2) is 7.47. The number of aryl methyl sites for hydroxylation is 1. The maximum absolute atomic E-state index is 12.3. The Bertz CT molecular complexity index is 543. The molecule has 1 N–H and O–H groups in total. The van der Waals surface area contributed by atoms with Crippen molar-refractivity contribution in [3.8, 4) is 0 Å². The average molecular weight is 350 g/mol. The number of hydrogen-bond donors (Lipinski definition) is 1. The van der Waals surface area contributed by atoms with E-state index in [2.05, 4.69) is 5.32 Å². The molecule has 2 rings (SSSR count). The van der Waals surface area contributed by atoms with Gasteiger partial charge in [-0.2, -0.15) is 0 Å². The Hall–Kier alpha value is -0.780. The Labute approximate surface area is 137 Å². The molecule has 0 saturated heterocycles. The van der Waals surface area contributed by atoms with Gasteiger partial charge in [0.15, 0.2) is 4.84 Å². The molecule has 7 heteroatoms. The molecule has 1 aliphatic rings. The lowest BCUT2D eigenvalue weighted by atomic mass is 9.95. The summed E-state index contributed by atoms with van der Waals surface area (Å²) in [4.78, 5) is 23.9. The molecule has 0 aliphatic heterocycles. The highest BCUT2D eigenvalue weighted by Gasteiger charge is 2.28. The smallest absolute Gasteiger partial charge is 0.341 e. The quantitative estimate of drug-likeness (QED) is 0.647. The topological polar surface area (TPSA) is 55.4 Å². The zero-order valence-corrected chi connectivity index (χ0v) is 14.0. The number of thiophene rings is 1. The van der Waals surface area contributed by atoms with Crippen LogP contribution in [-0.2, 0) is 22.4 Å². The van der Waals surface area contributed by atoms with Gasteiger partial charge in [0.1, 0.15) is 5.00 Å².